The number of rotatable bonds is 2. The van der Waals surface area contributed by atoms with Crippen LogP contribution in [0.1, 0.15) is 16.7 Å². The number of nitrogen functional groups attached to an aromatic ring is 1. The molecule has 0 saturated carbocycles. The summed E-state index contributed by atoms with van der Waals surface area (Å²) in [7, 11) is 0. The largest absolute Gasteiger partial charge is 0.394 e. The Bertz CT molecular complexity index is 600. The van der Waals surface area contributed by atoms with Crippen molar-refractivity contribution < 1.29 is 0 Å². The standard InChI is InChI=1S/C14H15BrN2O/c1-9-4-3-5-10(2)11(9)6-17-7-12(15)14(18)13(16)8-17/h3-5,7-8H,6,16H2,1-2H3. The molecule has 1 aromatic carbocycles. The lowest BCUT2D eigenvalue weighted by molar-refractivity contribution is 0.777. The van der Waals surface area contributed by atoms with Crippen molar-refractivity contribution in [2.24, 2.45) is 0 Å². The van der Waals surface area contributed by atoms with Crippen molar-refractivity contribution in [3.63, 3.8) is 0 Å². The number of aryl methyl sites for hydroxylation is 2. The van der Waals surface area contributed by atoms with E-state index in [1.54, 1.807) is 12.4 Å². The Morgan fingerprint density at radius 2 is 1.83 bits per heavy atom. The first kappa shape index (κ1) is 12.9. The average molecular weight is 307 g/mol. The minimum atomic E-state index is -0.159. The Morgan fingerprint density at radius 1 is 1.22 bits per heavy atom. The molecule has 0 unspecified atom stereocenters. The molecule has 0 bridgehead atoms. The Hall–Kier alpha value is -1.55. The fourth-order valence-electron chi connectivity index (χ4n) is 1.99. The summed E-state index contributed by atoms with van der Waals surface area (Å²) in [5.74, 6) is 0. The summed E-state index contributed by atoms with van der Waals surface area (Å²) in [6.45, 7) is 4.88. The third-order valence-corrected chi connectivity index (χ3v) is 3.61. The lowest BCUT2D eigenvalue weighted by atomic mass is 10.0. The zero-order valence-electron chi connectivity index (χ0n) is 10.4. The van der Waals surface area contributed by atoms with Gasteiger partial charge in [-0.25, -0.2) is 0 Å². The van der Waals surface area contributed by atoms with Gasteiger partial charge in [-0.1, -0.05) is 18.2 Å². The van der Waals surface area contributed by atoms with Crippen molar-refractivity contribution in [1.29, 1.82) is 0 Å². The molecule has 2 aromatic rings. The number of halogens is 1. The van der Waals surface area contributed by atoms with Gasteiger partial charge in [-0.2, -0.15) is 0 Å². The monoisotopic (exact) mass is 306 g/mol. The molecule has 0 radical (unpaired) electrons. The molecule has 0 aliphatic carbocycles. The molecule has 4 heteroatoms. The van der Waals surface area contributed by atoms with Gasteiger partial charge in [0.05, 0.1) is 10.2 Å². The maximum Gasteiger partial charge on any atom is 0.218 e. The molecule has 0 aliphatic rings. The maximum atomic E-state index is 11.5. The van der Waals surface area contributed by atoms with Crippen LogP contribution in [0.5, 0.6) is 0 Å². The molecule has 2 N–H and O–H groups in total. The van der Waals surface area contributed by atoms with Crippen molar-refractivity contribution in [3.05, 3.63) is 62.0 Å². The van der Waals surface area contributed by atoms with E-state index in [1.807, 2.05) is 10.6 Å². The highest BCUT2D eigenvalue weighted by atomic mass is 79.9. The molecule has 94 valence electrons. The average Bonchev–Trinajstić information content (AvgIpc) is 2.31. The minimum Gasteiger partial charge on any atom is -0.394 e. The maximum absolute atomic E-state index is 11.5. The second-order valence-electron chi connectivity index (χ2n) is 4.43. The Kier molecular flexibility index (Phi) is 3.57. The Balaban J connectivity index is 2.44. The molecule has 0 aliphatic heterocycles. The van der Waals surface area contributed by atoms with E-state index >= 15 is 0 Å². The molecule has 0 atom stereocenters. The van der Waals surface area contributed by atoms with E-state index in [4.69, 9.17) is 5.73 Å². The van der Waals surface area contributed by atoms with E-state index < -0.39 is 0 Å². The summed E-state index contributed by atoms with van der Waals surface area (Å²) in [6.07, 6.45) is 3.45. The first-order valence-electron chi connectivity index (χ1n) is 5.69. The number of nitrogens with two attached hydrogens (primary N) is 1. The van der Waals surface area contributed by atoms with Crippen LogP contribution in [0.3, 0.4) is 0 Å². The van der Waals surface area contributed by atoms with Gasteiger partial charge in [-0.05, 0) is 46.5 Å². The third-order valence-electron chi connectivity index (χ3n) is 3.05. The molecular formula is C14H15BrN2O. The first-order valence-corrected chi connectivity index (χ1v) is 6.48. The number of aromatic nitrogens is 1. The minimum absolute atomic E-state index is 0.159. The molecule has 18 heavy (non-hydrogen) atoms. The van der Waals surface area contributed by atoms with Crippen LogP contribution in [0.2, 0.25) is 0 Å². The van der Waals surface area contributed by atoms with Crippen molar-refractivity contribution >= 4 is 21.6 Å². The number of hydrogen-bond acceptors (Lipinski definition) is 2. The van der Waals surface area contributed by atoms with Crippen LogP contribution < -0.4 is 11.2 Å². The van der Waals surface area contributed by atoms with Crippen molar-refractivity contribution in [2.75, 3.05) is 5.73 Å². The lowest BCUT2D eigenvalue weighted by Crippen LogP contribution is -2.14. The van der Waals surface area contributed by atoms with Crippen LogP contribution in [0.4, 0.5) is 5.69 Å². The number of anilines is 1. The molecule has 3 nitrogen and oxygen atoms in total. The van der Waals surface area contributed by atoms with E-state index in [-0.39, 0.29) is 11.1 Å². The molecule has 0 fully saturated rings. The topological polar surface area (TPSA) is 48.0 Å². The van der Waals surface area contributed by atoms with Crippen molar-refractivity contribution in [2.45, 2.75) is 20.4 Å². The number of hydrogen-bond donors (Lipinski definition) is 1. The van der Waals surface area contributed by atoms with Crippen LogP contribution in [0.15, 0.2) is 39.9 Å². The summed E-state index contributed by atoms with van der Waals surface area (Å²) in [6, 6.07) is 6.22. The summed E-state index contributed by atoms with van der Waals surface area (Å²) in [5, 5.41) is 0. The van der Waals surface area contributed by atoms with Crippen molar-refractivity contribution in [3.8, 4) is 0 Å². The van der Waals surface area contributed by atoms with Gasteiger partial charge in [0.25, 0.3) is 0 Å². The predicted octanol–water partition coefficient (Wildman–Crippen LogP) is 2.86. The Morgan fingerprint density at radius 3 is 2.39 bits per heavy atom. The summed E-state index contributed by atoms with van der Waals surface area (Å²) in [5.41, 5.74) is 9.52. The van der Waals surface area contributed by atoms with Gasteiger partial charge in [0.2, 0.25) is 5.43 Å². The normalized spacial score (nSPS) is 10.6. The van der Waals surface area contributed by atoms with E-state index in [9.17, 15) is 4.79 Å². The first-order chi connectivity index (χ1) is 8.49. The van der Waals surface area contributed by atoms with Gasteiger partial charge in [0.1, 0.15) is 0 Å². The molecule has 0 spiro atoms. The van der Waals surface area contributed by atoms with Gasteiger partial charge >= 0.3 is 0 Å². The summed E-state index contributed by atoms with van der Waals surface area (Å²) >= 11 is 3.23. The van der Waals surface area contributed by atoms with Crippen LogP contribution in [-0.4, -0.2) is 4.57 Å². The van der Waals surface area contributed by atoms with E-state index in [0.29, 0.717) is 11.0 Å². The fraction of sp³-hybridized carbons (Fsp3) is 0.214. The second-order valence-corrected chi connectivity index (χ2v) is 5.29. The predicted molar refractivity (Wildman–Crippen MR) is 77.8 cm³/mol. The summed E-state index contributed by atoms with van der Waals surface area (Å²) < 4.78 is 2.42. The molecule has 0 amide bonds. The quantitative estimate of drug-likeness (QED) is 0.927. The van der Waals surface area contributed by atoms with Crippen LogP contribution in [-0.2, 0) is 6.54 Å². The van der Waals surface area contributed by atoms with Gasteiger partial charge in [0.15, 0.2) is 0 Å². The molecular weight excluding hydrogens is 292 g/mol. The highest BCUT2D eigenvalue weighted by Gasteiger charge is 2.06. The molecule has 0 saturated heterocycles. The number of benzene rings is 1. The lowest BCUT2D eigenvalue weighted by Gasteiger charge is -2.13. The third kappa shape index (κ3) is 2.48. The highest BCUT2D eigenvalue weighted by Crippen LogP contribution is 2.16. The van der Waals surface area contributed by atoms with Gasteiger partial charge in [0, 0.05) is 18.9 Å². The highest BCUT2D eigenvalue weighted by molar-refractivity contribution is 9.10. The van der Waals surface area contributed by atoms with Crippen molar-refractivity contribution in [1.82, 2.24) is 4.57 Å². The van der Waals surface area contributed by atoms with Gasteiger partial charge in [-0.3, -0.25) is 4.79 Å². The van der Waals surface area contributed by atoms with E-state index in [2.05, 4.69) is 41.9 Å². The van der Waals surface area contributed by atoms with Crippen LogP contribution >= 0.6 is 15.9 Å². The summed E-state index contributed by atoms with van der Waals surface area (Å²) in [4.78, 5) is 11.5. The van der Waals surface area contributed by atoms with Gasteiger partial charge in [-0.15, -0.1) is 0 Å². The van der Waals surface area contributed by atoms with E-state index in [0.717, 1.165) is 0 Å². The van der Waals surface area contributed by atoms with Gasteiger partial charge < -0.3 is 10.3 Å². The number of pyridine rings is 1. The Labute approximate surface area is 114 Å². The molecule has 1 aromatic heterocycles. The number of nitrogens with zero attached hydrogens (tertiary/aromatic N) is 1. The molecule has 1 heterocycles. The molecule has 2 rings (SSSR count). The fourth-order valence-corrected chi connectivity index (χ4v) is 2.48. The smallest absolute Gasteiger partial charge is 0.218 e. The zero-order chi connectivity index (χ0) is 13.3. The second kappa shape index (κ2) is 4.98. The van der Waals surface area contributed by atoms with Crippen LogP contribution in [0, 0.1) is 13.8 Å². The SMILES string of the molecule is Cc1cccc(C)c1Cn1cc(N)c(=O)c(Br)c1. The zero-order valence-corrected chi connectivity index (χ0v) is 12.0. The van der Waals surface area contributed by atoms with E-state index in [1.165, 1.54) is 16.7 Å². The van der Waals surface area contributed by atoms with Crippen LogP contribution in [0.25, 0.3) is 0 Å².